The zero-order valence-corrected chi connectivity index (χ0v) is 12.8. The predicted molar refractivity (Wildman–Crippen MR) is 85.3 cm³/mol. The van der Waals surface area contributed by atoms with Gasteiger partial charge in [-0.15, -0.1) is 22.7 Å². The lowest BCUT2D eigenvalue weighted by Crippen LogP contribution is -2.29. The highest BCUT2D eigenvalue weighted by Gasteiger charge is 2.21. The van der Waals surface area contributed by atoms with Gasteiger partial charge in [0.05, 0.1) is 25.0 Å². The monoisotopic (exact) mass is 318 g/mol. The minimum absolute atomic E-state index is 0.0627. The van der Waals surface area contributed by atoms with Crippen LogP contribution in [0.2, 0.25) is 0 Å². The second-order valence-corrected chi connectivity index (χ2v) is 6.47. The standard InChI is InChI=1S/C15H14N2O2S2/c16-13-5-8-21-14(13)15(18)17(9-11-3-1-6-19-11)10-12-4-2-7-20-12/h1-8H,9-10,16H2. The van der Waals surface area contributed by atoms with Gasteiger partial charge in [0.2, 0.25) is 0 Å². The molecule has 0 aromatic carbocycles. The summed E-state index contributed by atoms with van der Waals surface area (Å²) < 4.78 is 5.36. The second-order valence-electron chi connectivity index (χ2n) is 4.53. The van der Waals surface area contributed by atoms with Crippen molar-refractivity contribution >= 4 is 34.3 Å². The van der Waals surface area contributed by atoms with Crippen molar-refractivity contribution in [2.45, 2.75) is 13.1 Å². The molecule has 0 radical (unpaired) electrons. The van der Waals surface area contributed by atoms with Crippen LogP contribution >= 0.6 is 22.7 Å². The summed E-state index contributed by atoms with van der Waals surface area (Å²) in [5, 5.41) is 3.84. The van der Waals surface area contributed by atoms with Crippen molar-refractivity contribution in [2.24, 2.45) is 0 Å². The number of nitrogen functional groups attached to an aromatic ring is 1. The van der Waals surface area contributed by atoms with Crippen LogP contribution < -0.4 is 5.73 Å². The lowest BCUT2D eigenvalue weighted by Gasteiger charge is -2.20. The highest BCUT2D eigenvalue weighted by atomic mass is 32.1. The highest BCUT2D eigenvalue weighted by Crippen LogP contribution is 2.24. The fourth-order valence-electron chi connectivity index (χ4n) is 2.02. The van der Waals surface area contributed by atoms with Crippen LogP contribution in [0.25, 0.3) is 0 Å². The first-order valence-electron chi connectivity index (χ1n) is 6.41. The van der Waals surface area contributed by atoms with Gasteiger partial charge in [0.25, 0.3) is 5.91 Å². The molecule has 0 aliphatic rings. The Kier molecular flexibility index (Phi) is 4.08. The van der Waals surface area contributed by atoms with Gasteiger partial charge in [-0.05, 0) is 35.0 Å². The number of nitrogens with two attached hydrogens (primary N) is 1. The van der Waals surface area contributed by atoms with Gasteiger partial charge in [0.1, 0.15) is 10.6 Å². The number of nitrogens with zero attached hydrogens (tertiary/aromatic N) is 1. The molecule has 3 heterocycles. The number of hydrogen-bond acceptors (Lipinski definition) is 5. The molecule has 0 saturated carbocycles. The van der Waals surface area contributed by atoms with Gasteiger partial charge in [-0.2, -0.15) is 0 Å². The molecule has 0 bridgehead atoms. The molecule has 3 aromatic heterocycles. The van der Waals surface area contributed by atoms with E-state index in [2.05, 4.69) is 0 Å². The third kappa shape index (κ3) is 3.17. The van der Waals surface area contributed by atoms with Crippen LogP contribution in [0.5, 0.6) is 0 Å². The van der Waals surface area contributed by atoms with Crippen LogP contribution in [0.4, 0.5) is 5.69 Å². The van der Waals surface area contributed by atoms with Crippen LogP contribution in [-0.4, -0.2) is 10.8 Å². The van der Waals surface area contributed by atoms with Crippen LogP contribution in [0.15, 0.2) is 51.8 Å². The van der Waals surface area contributed by atoms with E-state index in [1.54, 1.807) is 28.6 Å². The molecule has 21 heavy (non-hydrogen) atoms. The molecule has 0 aliphatic carbocycles. The number of amides is 1. The molecule has 0 saturated heterocycles. The lowest BCUT2D eigenvalue weighted by molar-refractivity contribution is 0.0725. The van der Waals surface area contributed by atoms with Crippen LogP contribution in [0, 0.1) is 0 Å². The molecular formula is C15H14N2O2S2. The zero-order chi connectivity index (χ0) is 14.7. The fraction of sp³-hybridized carbons (Fsp3) is 0.133. The Bertz CT molecular complexity index is 666. The molecule has 1 amide bonds. The van der Waals surface area contributed by atoms with Crippen LogP contribution in [-0.2, 0) is 13.1 Å². The number of carbonyl (C=O) groups is 1. The van der Waals surface area contributed by atoms with E-state index in [0.717, 1.165) is 10.6 Å². The molecule has 3 rings (SSSR count). The molecule has 0 atom stereocenters. The van der Waals surface area contributed by atoms with Crippen LogP contribution in [0.1, 0.15) is 20.3 Å². The molecule has 0 unspecified atom stereocenters. The maximum atomic E-state index is 12.7. The number of carbonyl (C=O) groups excluding carboxylic acids is 1. The Morgan fingerprint density at radius 3 is 2.67 bits per heavy atom. The van der Waals surface area contributed by atoms with Gasteiger partial charge in [-0.3, -0.25) is 4.79 Å². The molecule has 0 spiro atoms. The fourth-order valence-corrected chi connectivity index (χ4v) is 3.52. The van der Waals surface area contributed by atoms with E-state index in [1.165, 1.54) is 11.3 Å². The van der Waals surface area contributed by atoms with E-state index >= 15 is 0 Å². The third-order valence-corrected chi connectivity index (χ3v) is 4.81. The van der Waals surface area contributed by atoms with Crippen LogP contribution in [0.3, 0.4) is 0 Å². The molecule has 3 aromatic rings. The van der Waals surface area contributed by atoms with Gasteiger partial charge in [-0.1, -0.05) is 6.07 Å². The predicted octanol–water partition coefficient (Wildman–Crippen LogP) is 3.83. The summed E-state index contributed by atoms with van der Waals surface area (Å²) in [6.45, 7) is 0.982. The summed E-state index contributed by atoms with van der Waals surface area (Å²) in [5.41, 5.74) is 6.40. The van der Waals surface area contributed by atoms with Gasteiger partial charge in [-0.25, -0.2) is 0 Å². The largest absolute Gasteiger partial charge is 0.467 e. The number of thiophene rings is 2. The Morgan fingerprint density at radius 2 is 2.05 bits per heavy atom. The molecular weight excluding hydrogens is 304 g/mol. The maximum absolute atomic E-state index is 12.7. The van der Waals surface area contributed by atoms with Crippen molar-refractivity contribution < 1.29 is 9.21 Å². The van der Waals surface area contributed by atoms with Crippen molar-refractivity contribution in [3.05, 3.63) is 62.9 Å². The van der Waals surface area contributed by atoms with Crippen molar-refractivity contribution in [3.63, 3.8) is 0 Å². The Morgan fingerprint density at radius 1 is 1.14 bits per heavy atom. The van der Waals surface area contributed by atoms with Crippen molar-refractivity contribution in [1.29, 1.82) is 0 Å². The first-order chi connectivity index (χ1) is 10.2. The van der Waals surface area contributed by atoms with E-state index in [4.69, 9.17) is 10.2 Å². The minimum Gasteiger partial charge on any atom is -0.467 e. The Balaban J connectivity index is 1.84. The number of hydrogen-bond donors (Lipinski definition) is 1. The summed E-state index contributed by atoms with van der Waals surface area (Å²) in [5.74, 6) is 0.697. The first kappa shape index (κ1) is 13.9. The van der Waals surface area contributed by atoms with E-state index < -0.39 is 0 Å². The molecule has 108 valence electrons. The van der Waals surface area contributed by atoms with Gasteiger partial charge in [0.15, 0.2) is 0 Å². The SMILES string of the molecule is Nc1ccsc1C(=O)N(Cc1ccco1)Cc1cccs1. The smallest absolute Gasteiger partial charge is 0.266 e. The number of rotatable bonds is 5. The Labute approximate surface area is 130 Å². The summed E-state index contributed by atoms with van der Waals surface area (Å²) in [6.07, 6.45) is 1.61. The molecule has 0 fully saturated rings. The van der Waals surface area contributed by atoms with E-state index in [-0.39, 0.29) is 5.91 Å². The summed E-state index contributed by atoms with van der Waals surface area (Å²) in [6, 6.07) is 9.45. The molecule has 0 aliphatic heterocycles. The van der Waals surface area contributed by atoms with E-state index in [0.29, 0.717) is 23.7 Å². The second kappa shape index (κ2) is 6.15. The van der Waals surface area contributed by atoms with Gasteiger partial charge < -0.3 is 15.1 Å². The number of furan rings is 1. The maximum Gasteiger partial charge on any atom is 0.266 e. The molecule has 4 nitrogen and oxygen atoms in total. The zero-order valence-electron chi connectivity index (χ0n) is 11.2. The third-order valence-electron chi connectivity index (χ3n) is 3.03. The summed E-state index contributed by atoms with van der Waals surface area (Å²) >= 11 is 3.00. The average Bonchev–Trinajstić information content (AvgIpc) is 3.19. The highest BCUT2D eigenvalue weighted by molar-refractivity contribution is 7.12. The van der Waals surface area contributed by atoms with Crippen molar-refractivity contribution in [3.8, 4) is 0 Å². The average molecular weight is 318 g/mol. The summed E-state index contributed by atoms with van der Waals surface area (Å²) in [4.78, 5) is 16.2. The summed E-state index contributed by atoms with van der Waals surface area (Å²) in [7, 11) is 0. The topological polar surface area (TPSA) is 59.5 Å². The minimum atomic E-state index is -0.0627. The van der Waals surface area contributed by atoms with Gasteiger partial charge >= 0.3 is 0 Å². The normalized spacial score (nSPS) is 10.7. The molecule has 2 N–H and O–H groups in total. The van der Waals surface area contributed by atoms with Crippen molar-refractivity contribution in [1.82, 2.24) is 4.90 Å². The Hall–Kier alpha value is -2.05. The number of anilines is 1. The van der Waals surface area contributed by atoms with Gasteiger partial charge in [0, 0.05) is 4.88 Å². The van der Waals surface area contributed by atoms with E-state index in [1.807, 2.05) is 35.0 Å². The lowest BCUT2D eigenvalue weighted by atomic mass is 10.3. The first-order valence-corrected chi connectivity index (χ1v) is 8.17. The molecule has 6 heteroatoms. The van der Waals surface area contributed by atoms with E-state index in [9.17, 15) is 4.79 Å². The van der Waals surface area contributed by atoms with Crippen molar-refractivity contribution in [2.75, 3.05) is 5.73 Å². The quantitative estimate of drug-likeness (QED) is 0.778.